The van der Waals surface area contributed by atoms with Crippen LogP contribution in [0.2, 0.25) is 0 Å². The van der Waals surface area contributed by atoms with E-state index in [9.17, 15) is 4.39 Å². The lowest BCUT2D eigenvalue weighted by Crippen LogP contribution is -2.05. The molecule has 2 heterocycles. The molecule has 5 heteroatoms. The molecule has 0 atom stereocenters. The van der Waals surface area contributed by atoms with Crippen LogP contribution in [0.1, 0.15) is 18.9 Å². The molecule has 3 rings (SSSR count). The van der Waals surface area contributed by atoms with Crippen molar-refractivity contribution in [1.82, 2.24) is 9.97 Å². The van der Waals surface area contributed by atoms with E-state index in [1.54, 1.807) is 12.1 Å². The summed E-state index contributed by atoms with van der Waals surface area (Å²) >= 11 is 0. The van der Waals surface area contributed by atoms with Crippen LogP contribution in [-0.4, -0.2) is 16.5 Å². The van der Waals surface area contributed by atoms with Crippen LogP contribution in [0, 0.1) is 12.7 Å². The van der Waals surface area contributed by atoms with E-state index in [2.05, 4.69) is 22.2 Å². The fourth-order valence-corrected chi connectivity index (χ4v) is 2.25. The van der Waals surface area contributed by atoms with Crippen LogP contribution in [0.5, 0.6) is 0 Å². The molecule has 0 aliphatic heterocycles. The molecule has 0 fully saturated rings. The number of nitrogens with one attached hydrogen (secondary N) is 1. The zero-order valence-corrected chi connectivity index (χ0v) is 12.0. The van der Waals surface area contributed by atoms with Crippen molar-refractivity contribution in [3.05, 3.63) is 42.0 Å². The number of halogens is 1. The lowest BCUT2D eigenvalue weighted by molar-refractivity contribution is 0.617. The molecule has 0 aliphatic rings. The standard InChI is InChI=1S/C16H16FN3O/c1-3-6-18-16-10(2)15(19-9-20-16)14-8-11-7-12(17)4-5-13(11)21-14/h4-5,7-9H,3,6H2,1-2H3,(H,18,19,20). The van der Waals surface area contributed by atoms with Gasteiger partial charge in [0.15, 0.2) is 5.76 Å². The van der Waals surface area contributed by atoms with Crippen molar-refractivity contribution in [3.8, 4) is 11.5 Å². The first-order valence-electron chi connectivity index (χ1n) is 6.94. The minimum absolute atomic E-state index is 0.278. The molecule has 2 aromatic heterocycles. The number of rotatable bonds is 4. The van der Waals surface area contributed by atoms with Gasteiger partial charge in [-0.15, -0.1) is 0 Å². The highest BCUT2D eigenvalue weighted by Crippen LogP contribution is 2.30. The number of benzene rings is 1. The van der Waals surface area contributed by atoms with Crippen molar-refractivity contribution in [3.63, 3.8) is 0 Å². The van der Waals surface area contributed by atoms with Crippen LogP contribution in [-0.2, 0) is 0 Å². The summed E-state index contributed by atoms with van der Waals surface area (Å²) < 4.78 is 19.0. The van der Waals surface area contributed by atoms with E-state index in [1.807, 2.05) is 6.92 Å². The van der Waals surface area contributed by atoms with Crippen molar-refractivity contribution in [1.29, 1.82) is 0 Å². The van der Waals surface area contributed by atoms with Crippen molar-refractivity contribution < 1.29 is 8.81 Å². The van der Waals surface area contributed by atoms with Crippen LogP contribution in [0.25, 0.3) is 22.4 Å². The number of aromatic nitrogens is 2. The second-order valence-electron chi connectivity index (χ2n) is 4.92. The lowest BCUT2D eigenvalue weighted by Gasteiger charge is -2.09. The zero-order valence-electron chi connectivity index (χ0n) is 12.0. The average Bonchev–Trinajstić information content (AvgIpc) is 2.89. The van der Waals surface area contributed by atoms with Crippen molar-refractivity contribution in [2.24, 2.45) is 0 Å². The van der Waals surface area contributed by atoms with Crippen molar-refractivity contribution in [2.45, 2.75) is 20.3 Å². The number of nitrogens with zero attached hydrogens (tertiary/aromatic N) is 2. The highest BCUT2D eigenvalue weighted by Gasteiger charge is 2.13. The molecule has 1 N–H and O–H groups in total. The number of hydrogen-bond donors (Lipinski definition) is 1. The first kappa shape index (κ1) is 13.5. The topological polar surface area (TPSA) is 51.0 Å². The van der Waals surface area contributed by atoms with Gasteiger partial charge in [-0.05, 0) is 37.6 Å². The molecule has 1 aromatic carbocycles. The third-order valence-corrected chi connectivity index (χ3v) is 3.34. The molecule has 0 amide bonds. The second kappa shape index (κ2) is 5.52. The molecule has 108 valence electrons. The minimum Gasteiger partial charge on any atom is -0.454 e. The third-order valence-electron chi connectivity index (χ3n) is 3.34. The minimum atomic E-state index is -0.278. The molecule has 0 aliphatic carbocycles. The molecule has 0 unspecified atom stereocenters. The van der Waals surface area contributed by atoms with Gasteiger partial charge in [0, 0.05) is 17.5 Å². The Labute approximate surface area is 122 Å². The quantitative estimate of drug-likeness (QED) is 0.782. The smallest absolute Gasteiger partial charge is 0.154 e. The predicted molar refractivity (Wildman–Crippen MR) is 80.7 cm³/mol. The normalized spacial score (nSPS) is 11.0. The van der Waals surface area contributed by atoms with Crippen molar-refractivity contribution in [2.75, 3.05) is 11.9 Å². The molecule has 0 saturated heterocycles. The van der Waals surface area contributed by atoms with Crippen molar-refractivity contribution >= 4 is 16.8 Å². The van der Waals surface area contributed by atoms with Gasteiger partial charge < -0.3 is 9.73 Å². The molecule has 4 nitrogen and oxygen atoms in total. The van der Waals surface area contributed by atoms with Gasteiger partial charge >= 0.3 is 0 Å². The molecule has 0 bridgehead atoms. The third kappa shape index (κ3) is 2.59. The van der Waals surface area contributed by atoms with Gasteiger partial charge in [-0.3, -0.25) is 0 Å². The Kier molecular flexibility index (Phi) is 3.56. The van der Waals surface area contributed by atoms with E-state index in [4.69, 9.17) is 4.42 Å². The van der Waals surface area contributed by atoms with Crippen LogP contribution < -0.4 is 5.32 Å². The van der Waals surface area contributed by atoms with Gasteiger partial charge in [-0.1, -0.05) is 6.92 Å². The van der Waals surface area contributed by atoms with E-state index < -0.39 is 0 Å². The largest absolute Gasteiger partial charge is 0.454 e. The first-order valence-corrected chi connectivity index (χ1v) is 6.94. The van der Waals surface area contributed by atoms with E-state index >= 15 is 0 Å². The van der Waals surface area contributed by atoms with E-state index in [1.165, 1.54) is 18.5 Å². The SMILES string of the molecule is CCCNc1ncnc(-c2cc3cc(F)ccc3o2)c1C. The summed E-state index contributed by atoms with van der Waals surface area (Å²) in [5.41, 5.74) is 2.29. The highest BCUT2D eigenvalue weighted by atomic mass is 19.1. The monoisotopic (exact) mass is 285 g/mol. The van der Waals surface area contributed by atoms with Crippen LogP contribution in [0.15, 0.2) is 35.0 Å². The predicted octanol–water partition coefficient (Wildman–Crippen LogP) is 4.16. The van der Waals surface area contributed by atoms with Gasteiger partial charge in [0.05, 0.1) is 0 Å². The summed E-state index contributed by atoms with van der Waals surface area (Å²) in [5.74, 6) is 1.14. The molecular weight excluding hydrogens is 269 g/mol. The summed E-state index contributed by atoms with van der Waals surface area (Å²) in [7, 11) is 0. The Morgan fingerprint density at radius 3 is 2.90 bits per heavy atom. The molecule has 0 spiro atoms. The molecular formula is C16H16FN3O. The van der Waals surface area contributed by atoms with Gasteiger partial charge in [0.1, 0.15) is 29.2 Å². The number of fused-ring (bicyclic) bond motifs is 1. The van der Waals surface area contributed by atoms with E-state index in [-0.39, 0.29) is 5.82 Å². The Hall–Kier alpha value is -2.43. The molecule has 3 aromatic rings. The van der Waals surface area contributed by atoms with Crippen LogP contribution in [0.4, 0.5) is 10.2 Å². The lowest BCUT2D eigenvalue weighted by atomic mass is 10.1. The maximum Gasteiger partial charge on any atom is 0.154 e. The van der Waals surface area contributed by atoms with Crippen LogP contribution in [0.3, 0.4) is 0 Å². The number of hydrogen-bond acceptors (Lipinski definition) is 4. The molecule has 0 saturated carbocycles. The Morgan fingerprint density at radius 1 is 1.24 bits per heavy atom. The first-order chi connectivity index (χ1) is 10.2. The fourth-order valence-electron chi connectivity index (χ4n) is 2.25. The summed E-state index contributed by atoms with van der Waals surface area (Å²) in [6.45, 7) is 4.89. The Balaban J connectivity index is 2.05. The van der Waals surface area contributed by atoms with E-state index in [0.717, 1.165) is 35.4 Å². The van der Waals surface area contributed by atoms with Crippen LogP contribution >= 0.6 is 0 Å². The van der Waals surface area contributed by atoms with Gasteiger partial charge in [-0.25, -0.2) is 14.4 Å². The molecule has 0 radical (unpaired) electrons. The summed E-state index contributed by atoms with van der Waals surface area (Å²) in [5, 5.41) is 3.99. The van der Waals surface area contributed by atoms with Gasteiger partial charge in [0.25, 0.3) is 0 Å². The summed E-state index contributed by atoms with van der Waals surface area (Å²) in [6, 6.07) is 6.27. The number of furan rings is 1. The van der Waals surface area contributed by atoms with Gasteiger partial charge in [-0.2, -0.15) is 0 Å². The average molecular weight is 285 g/mol. The summed E-state index contributed by atoms with van der Waals surface area (Å²) in [6.07, 6.45) is 2.52. The van der Waals surface area contributed by atoms with E-state index in [0.29, 0.717) is 11.3 Å². The maximum atomic E-state index is 13.3. The highest BCUT2D eigenvalue weighted by molar-refractivity contribution is 5.83. The molecule has 21 heavy (non-hydrogen) atoms. The second-order valence-corrected chi connectivity index (χ2v) is 4.92. The summed E-state index contributed by atoms with van der Waals surface area (Å²) in [4.78, 5) is 8.54. The Morgan fingerprint density at radius 2 is 2.10 bits per heavy atom. The van der Waals surface area contributed by atoms with Gasteiger partial charge in [0.2, 0.25) is 0 Å². The fraction of sp³-hybridized carbons (Fsp3) is 0.250. The maximum absolute atomic E-state index is 13.3. The zero-order chi connectivity index (χ0) is 14.8. The number of anilines is 1. The Bertz CT molecular complexity index is 782.